The van der Waals surface area contributed by atoms with Crippen molar-refractivity contribution in [1.82, 2.24) is 24.5 Å². The van der Waals surface area contributed by atoms with Crippen molar-refractivity contribution in [3.05, 3.63) is 70.5 Å². The average Bonchev–Trinajstić information content (AvgIpc) is 3.81. The van der Waals surface area contributed by atoms with Crippen LogP contribution >= 0.6 is 0 Å². The molecule has 1 aromatic heterocycles. The third kappa shape index (κ3) is 5.83. The maximum absolute atomic E-state index is 14.4. The maximum Gasteiger partial charge on any atom is 0.435 e. The van der Waals surface area contributed by atoms with Crippen molar-refractivity contribution in [3.8, 4) is 11.4 Å². The third-order valence-electron chi connectivity index (χ3n) is 9.09. The van der Waals surface area contributed by atoms with Gasteiger partial charge in [0.1, 0.15) is 11.4 Å². The molecular weight excluding hydrogens is 601 g/mol. The molecule has 1 atom stereocenters. The van der Waals surface area contributed by atoms with Gasteiger partial charge in [0.2, 0.25) is 0 Å². The summed E-state index contributed by atoms with van der Waals surface area (Å²) >= 11 is 0. The van der Waals surface area contributed by atoms with Gasteiger partial charge in [0.15, 0.2) is 5.69 Å². The lowest BCUT2D eigenvalue weighted by atomic mass is 10.0. The number of benzene rings is 2. The summed E-state index contributed by atoms with van der Waals surface area (Å²) in [6.07, 6.45) is -1.02. The van der Waals surface area contributed by atoms with Crippen molar-refractivity contribution in [2.45, 2.75) is 44.3 Å². The van der Waals surface area contributed by atoms with Crippen molar-refractivity contribution < 1.29 is 32.3 Å². The highest BCUT2D eigenvalue weighted by Crippen LogP contribution is 2.38. The highest BCUT2D eigenvalue weighted by Gasteiger charge is 2.44. The van der Waals surface area contributed by atoms with E-state index in [1.54, 1.807) is 49.3 Å². The summed E-state index contributed by atoms with van der Waals surface area (Å²) in [5, 5.41) is 3.97. The Hall–Kier alpha value is -4.39. The number of methoxy groups -OCH3 is 1. The molecule has 0 radical (unpaired) electrons. The van der Waals surface area contributed by atoms with Crippen LogP contribution in [0.15, 0.2) is 42.5 Å². The standard InChI is InChI=1S/C33H37F3N6O4/c1-38(2)30(43)21-8-10-22(11-9-21)41-18-14-25-28(32(41)45)42(37-29(25)33(34,35)36)27-13-12-24(46-3)19-26(27)31(44)40-17-6-7-23(40)20-39-15-4-5-16-39/h8-13,19,23H,4-7,14-18,20H2,1-3H3/t23-/m0/s1. The van der Waals surface area contributed by atoms with E-state index in [9.17, 15) is 27.6 Å². The molecule has 2 saturated heterocycles. The first-order chi connectivity index (χ1) is 22.0. The number of nitrogens with zero attached hydrogens (tertiary/aromatic N) is 6. The van der Waals surface area contributed by atoms with E-state index in [1.807, 2.05) is 0 Å². The van der Waals surface area contributed by atoms with Crippen molar-refractivity contribution in [3.63, 3.8) is 0 Å². The van der Waals surface area contributed by atoms with Crippen LogP contribution in [0.5, 0.6) is 5.75 Å². The second-order valence-electron chi connectivity index (χ2n) is 12.2. The summed E-state index contributed by atoms with van der Waals surface area (Å²) in [5.74, 6) is -0.878. The Morgan fingerprint density at radius 2 is 1.72 bits per heavy atom. The van der Waals surface area contributed by atoms with Gasteiger partial charge in [-0.1, -0.05) is 0 Å². The molecule has 3 aliphatic rings. The molecule has 2 aromatic carbocycles. The Morgan fingerprint density at radius 1 is 1.00 bits per heavy atom. The number of hydrogen-bond donors (Lipinski definition) is 0. The number of alkyl halides is 3. The molecule has 6 rings (SSSR count). The minimum absolute atomic E-state index is 0.0120. The summed E-state index contributed by atoms with van der Waals surface area (Å²) in [5.41, 5.74) is -0.578. The molecule has 3 aliphatic heterocycles. The van der Waals surface area contributed by atoms with E-state index in [1.165, 1.54) is 29.0 Å². The van der Waals surface area contributed by atoms with Crippen LogP contribution in [0, 0.1) is 0 Å². The summed E-state index contributed by atoms with van der Waals surface area (Å²) in [6, 6.07) is 10.9. The number of anilines is 1. The number of likely N-dealkylation sites (tertiary alicyclic amines) is 2. The zero-order chi connectivity index (χ0) is 32.7. The molecule has 3 aromatic rings. The quantitative estimate of drug-likeness (QED) is 0.379. The number of amides is 3. The van der Waals surface area contributed by atoms with Gasteiger partial charge in [-0.05, 0) is 87.7 Å². The fourth-order valence-electron chi connectivity index (χ4n) is 6.76. The zero-order valence-electron chi connectivity index (χ0n) is 26.1. The normalized spacial score (nSPS) is 18.7. The van der Waals surface area contributed by atoms with Crippen LogP contribution in [-0.4, -0.2) is 102 Å². The lowest BCUT2D eigenvalue weighted by Gasteiger charge is -2.30. The minimum Gasteiger partial charge on any atom is -0.497 e. The molecule has 0 saturated carbocycles. The molecule has 0 spiro atoms. The highest BCUT2D eigenvalue weighted by molar-refractivity contribution is 6.08. The number of carbonyl (C=O) groups excluding carboxylic acids is 3. The summed E-state index contributed by atoms with van der Waals surface area (Å²) in [7, 11) is 4.70. The van der Waals surface area contributed by atoms with Crippen molar-refractivity contribution >= 4 is 23.4 Å². The van der Waals surface area contributed by atoms with Gasteiger partial charge in [0.25, 0.3) is 17.7 Å². The van der Waals surface area contributed by atoms with E-state index in [0.29, 0.717) is 23.5 Å². The number of halogens is 3. The molecule has 46 heavy (non-hydrogen) atoms. The molecule has 2 fully saturated rings. The van der Waals surface area contributed by atoms with Crippen LogP contribution in [0.1, 0.15) is 68.1 Å². The van der Waals surface area contributed by atoms with Gasteiger partial charge in [0.05, 0.1) is 18.4 Å². The van der Waals surface area contributed by atoms with E-state index in [2.05, 4.69) is 10.00 Å². The lowest BCUT2D eigenvalue weighted by Crippen LogP contribution is -2.43. The maximum atomic E-state index is 14.4. The van der Waals surface area contributed by atoms with Gasteiger partial charge >= 0.3 is 6.18 Å². The smallest absolute Gasteiger partial charge is 0.435 e. The fraction of sp³-hybridized carbons (Fsp3) is 0.455. The van der Waals surface area contributed by atoms with Gasteiger partial charge in [-0.25, -0.2) is 4.68 Å². The molecule has 0 aliphatic carbocycles. The lowest BCUT2D eigenvalue weighted by molar-refractivity contribution is -0.141. The second-order valence-corrected chi connectivity index (χ2v) is 12.2. The molecule has 4 heterocycles. The van der Waals surface area contributed by atoms with Crippen molar-refractivity contribution in [2.75, 3.05) is 58.8 Å². The van der Waals surface area contributed by atoms with Crippen LogP contribution in [0.2, 0.25) is 0 Å². The van der Waals surface area contributed by atoms with Crippen molar-refractivity contribution in [1.29, 1.82) is 0 Å². The predicted molar refractivity (Wildman–Crippen MR) is 165 cm³/mol. The van der Waals surface area contributed by atoms with Gasteiger partial charge in [-0.15, -0.1) is 0 Å². The molecule has 13 heteroatoms. The van der Waals surface area contributed by atoms with Crippen LogP contribution < -0.4 is 9.64 Å². The average molecular weight is 639 g/mol. The second kappa shape index (κ2) is 12.4. The topological polar surface area (TPSA) is 91.2 Å². The van der Waals surface area contributed by atoms with Crippen molar-refractivity contribution in [2.24, 2.45) is 0 Å². The first-order valence-corrected chi connectivity index (χ1v) is 15.5. The first-order valence-electron chi connectivity index (χ1n) is 15.5. The molecular formula is C33H37F3N6O4. The van der Waals surface area contributed by atoms with Gasteiger partial charge < -0.3 is 24.3 Å². The highest BCUT2D eigenvalue weighted by atomic mass is 19.4. The van der Waals surface area contributed by atoms with Gasteiger partial charge in [-0.3, -0.25) is 14.4 Å². The van der Waals surface area contributed by atoms with Crippen LogP contribution in [0.4, 0.5) is 18.9 Å². The summed E-state index contributed by atoms with van der Waals surface area (Å²) in [4.78, 5) is 47.6. The largest absolute Gasteiger partial charge is 0.497 e. The van der Waals surface area contributed by atoms with E-state index < -0.39 is 17.8 Å². The number of carbonyl (C=O) groups is 3. The minimum atomic E-state index is -4.82. The molecule has 0 N–H and O–H groups in total. The SMILES string of the molecule is COc1ccc(-n2nc(C(F)(F)F)c3c2C(=O)N(c2ccc(C(=O)N(C)C)cc2)CC3)c(C(=O)N2CCC[C@H]2CN2CCCC2)c1. The number of aromatic nitrogens is 2. The van der Waals surface area contributed by atoms with Crippen LogP contribution in [-0.2, 0) is 12.6 Å². The van der Waals surface area contributed by atoms with E-state index in [-0.39, 0.29) is 53.3 Å². The van der Waals surface area contributed by atoms with Crippen LogP contribution in [0.3, 0.4) is 0 Å². The molecule has 0 bridgehead atoms. The molecule has 3 amide bonds. The van der Waals surface area contributed by atoms with E-state index in [0.717, 1.165) is 50.0 Å². The van der Waals surface area contributed by atoms with Gasteiger partial charge in [0, 0.05) is 56.6 Å². The Kier molecular flexibility index (Phi) is 8.53. The summed E-state index contributed by atoms with van der Waals surface area (Å²) in [6.45, 7) is 3.22. The Bertz CT molecular complexity index is 1650. The fourth-order valence-corrected chi connectivity index (χ4v) is 6.76. The van der Waals surface area contributed by atoms with Gasteiger partial charge in [-0.2, -0.15) is 18.3 Å². The summed E-state index contributed by atoms with van der Waals surface area (Å²) < 4.78 is 49.5. The number of ether oxygens (including phenoxy) is 1. The Balaban J connectivity index is 1.41. The Labute approximate surface area is 265 Å². The zero-order valence-corrected chi connectivity index (χ0v) is 26.1. The van der Waals surface area contributed by atoms with E-state index in [4.69, 9.17) is 4.74 Å². The number of rotatable bonds is 7. The molecule has 10 nitrogen and oxygen atoms in total. The monoisotopic (exact) mass is 638 g/mol. The third-order valence-corrected chi connectivity index (χ3v) is 9.09. The first kappa shape index (κ1) is 31.6. The number of fused-ring (bicyclic) bond motifs is 1. The van der Waals surface area contributed by atoms with Crippen LogP contribution in [0.25, 0.3) is 5.69 Å². The molecule has 0 unspecified atom stereocenters. The molecule has 244 valence electrons. The Morgan fingerprint density at radius 3 is 2.37 bits per heavy atom. The predicted octanol–water partition coefficient (Wildman–Crippen LogP) is 4.50. The number of hydrogen-bond acceptors (Lipinski definition) is 6. The van der Waals surface area contributed by atoms with E-state index >= 15 is 0 Å².